The minimum atomic E-state index is -1.39. The van der Waals surface area contributed by atoms with Crippen molar-refractivity contribution in [2.75, 3.05) is 7.11 Å². The highest BCUT2D eigenvalue weighted by Crippen LogP contribution is 2.46. The molecule has 2 fully saturated rings. The number of aryl methyl sites for hydroxylation is 1. The Hall–Kier alpha value is -0.460. The maximum Gasteiger partial charge on any atom is 0.177 e. The molecule has 4 rings (SSSR count). The molecule has 27 heavy (non-hydrogen) atoms. The van der Waals surface area contributed by atoms with E-state index in [0.29, 0.717) is 23.0 Å². The average molecular weight is 419 g/mol. The molecule has 7 unspecified atom stereocenters. The van der Waals surface area contributed by atoms with E-state index in [-0.39, 0.29) is 30.4 Å². The van der Waals surface area contributed by atoms with Crippen LogP contribution in [0.2, 0.25) is 0 Å². The van der Waals surface area contributed by atoms with Crippen LogP contribution in [0.15, 0.2) is 0 Å². The van der Waals surface area contributed by atoms with Crippen LogP contribution in [0.3, 0.4) is 0 Å². The van der Waals surface area contributed by atoms with Crippen LogP contribution < -0.4 is 0 Å². The van der Waals surface area contributed by atoms with Crippen LogP contribution in [0.1, 0.15) is 74.7 Å². The summed E-state index contributed by atoms with van der Waals surface area (Å²) < 4.78 is 36.2. The maximum atomic E-state index is 14.1. The van der Waals surface area contributed by atoms with Crippen molar-refractivity contribution in [2.45, 2.75) is 93.6 Å². The number of imidazole rings is 1. The quantitative estimate of drug-likeness (QED) is 0.497. The van der Waals surface area contributed by atoms with Crippen LogP contribution >= 0.6 is 23.8 Å². The summed E-state index contributed by atoms with van der Waals surface area (Å²) in [5.74, 6) is 0.892. The van der Waals surface area contributed by atoms with E-state index in [0.717, 1.165) is 38.5 Å². The first-order valence-electron chi connectivity index (χ1n) is 10.3. The molecule has 2 saturated carbocycles. The highest BCUT2D eigenvalue weighted by Gasteiger charge is 2.40. The lowest BCUT2D eigenvalue weighted by Crippen LogP contribution is -2.36. The molecule has 0 amide bonds. The van der Waals surface area contributed by atoms with Crippen LogP contribution in [-0.2, 0) is 11.2 Å². The lowest BCUT2D eigenvalue weighted by atomic mass is 9.72. The van der Waals surface area contributed by atoms with Crippen LogP contribution in [-0.4, -0.2) is 40.5 Å². The molecule has 1 aromatic heterocycles. The Bertz CT molecular complexity index is 723. The molecule has 152 valence electrons. The van der Waals surface area contributed by atoms with Crippen molar-refractivity contribution in [1.82, 2.24) is 9.55 Å². The van der Waals surface area contributed by atoms with Crippen LogP contribution in [0.5, 0.6) is 0 Å². The van der Waals surface area contributed by atoms with Gasteiger partial charge in [0.25, 0.3) is 0 Å². The highest BCUT2D eigenvalue weighted by molar-refractivity contribution is 7.71. The van der Waals surface area contributed by atoms with Gasteiger partial charge >= 0.3 is 0 Å². The minimum absolute atomic E-state index is 0.0392. The third-order valence-electron chi connectivity index (χ3n) is 6.99. The van der Waals surface area contributed by atoms with E-state index in [1.807, 2.05) is 0 Å². The third-order valence-corrected chi connectivity index (χ3v) is 7.79. The smallest absolute Gasteiger partial charge is 0.177 e. The second-order valence-electron chi connectivity index (χ2n) is 8.52. The number of nitrogens with zero attached hydrogens (tertiary/aromatic N) is 1. The van der Waals surface area contributed by atoms with E-state index < -0.39 is 12.3 Å². The first-order chi connectivity index (χ1) is 13.0. The number of halogens is 3. The van der Waals surface area contributed by atoms with E-state index >= 15 is 0 Å². The van der Waals surface area contributed by atoms with Crippen molar-refractivity contribution >= 4 is 23.8 Å². The molecular weight excluding hydrogens is 390 g/mol. The first kappa shape index (κ1) is 19.8. The van der Waals surface area contributed by atoms with Crippen molar-refractivity contribution in [1.29, 1.82) is 0 Å². The Morgan fingerprint density at radius 3 is 2.67 bits per heavy atom. The number of fused-ring (bicyclic) bond motifs is 1. The van der Waals surface area contributed by atoms with Gasteiger partial charge in [0.1, 0.15) is 12.3 Å². The molecule has 0 saturated heterocycles. The number of H-pyrrole nitrogens is 1. The summed E-state index contributed by atoms with van der Waals surface area (Å²) in [7, 11) is 1.74. The van der Waals surface area contributed by atoms with Crippen molar-refractivity contribution in [3.05, 3.63) is 16.2 Å². The number of hydrogen-bond donors (Lipinski definition) is 1. The van der Waals surface area contributed by atoms with Crippen LogP contribution in [0, 0.1) is 10.7 Å². The molecule has 7 atom stereocenters. The summed E-state index contributed by atoms with van der Waals surface area (Å²) >= 11 is 12.1. The maximum absolute atomic E-state index is 14.1. The molecule has 0 aliphatic heterocycles. The summed E-state index contributed by atoms with van der Waals surface area (Å²) in [5.41, 5.74) is 2.46. The fourth-order valence-corrected chi connectivity index (χ4v) is 6.29. The Morgan fingerprint density at radius 2 is 1.93 bits per heavy atom. The number of methoxy groups -OCH3 is 1. The lowest BCUT2D eigenvalue weighted by Gasteiger charge is -2.39. The summed E-state index contributed by atoms with van der Waals surface area (Å²) in [6, 6.07) is -0.0392. The number of ether oxygens (including phenoxy) is 1. The van der Waals surface area contributed by atoms with Crippen molar-refractivity contribution < 1.29 is 13.5 Å². The Labute approximate surface area is 169 Å². The second kappa shape index (κ2) is 8.11. The van der Waals surface area contributed by atoms with Gasteiger partial charge in [-0.25, -0.2) is 8.78 Å². The molecular formula is C20H29ClF2N2OS. The number of hydrogen-bond acceptors (Lipinski definition) is 2. The average Bonchev–Trinajstić information content (AvgIpc) is 3.00. The number of nitrogens with one attached hydrogen (secondary N) is 1. The van der Waals surface area contributed by atoms with E-state index in [1.165, 1.54) is 11.4 Å². The second-order valence-corrected chi connectivity index (χ2v) is 9.47. The molecule has 1 aromatic rings. The topological polar surface area (TPSA) is 29.9 Å². The van der Waals surface area contributed by atoms with Gasteiger partial charge in [0, 0.05) is 36.9 Å². The third kappa shape index (κ3) is 3.74. The van der Waals surface area contributed by atoms with E-state index in [9.17, 15) is 8.78 Å². The van der Waals surface area contributed by atoms with Crippen LogP contribution in [0.4, 0.5) is 8.78 Å². The number of alkyl halides is 3. The Balaban J connectivity index is 1.65. The number of rotatable bonds is 3. The monoisotopic (exact) mass is 418 g/mol. The van der Waals surface area contributed by atoms with Gasteiger partial charge in [0.15, 0.2) is 4.77 Å². The molecule has 1 heterocycles. The predicted molar refractivity (Wildman–Crippen MR) is 106 cm³/mol. The molecule has 3 aliphatic carbocycles. The SMILES string of the molecule is COC1CC(C2CCCc3[nH]c(=S)n(C4CCC(F)C(F)C4)c32)CCC1Cl. The van der Waals surface area contributed by atoms with Gasteiger partial charge in [-0.1, -0.05) is 0 Å². The lowest BCUT2D eigenvalue weighted by molar-refractivity contribution is 0.0453. The van der Waals surface area contributed by atoms with Crippen LogP contribution in [0.25, 0.3) is 0 Å². The fourth-order valence-electron chi connectivity index (χ4n) is 5.58. The van der Waals surface area contributed by atoms with E-state index in [1.54, 1.807) is 7.11 Å². The molecule has 0 aromatic carbocycles. The van der Waals surface area contributed by atoms with Gasteiger partial charge in [-0.15, -0.1) is 11.6 Å². The molecule has 3 aliphatic rings. The van der Waals surface area contributed by atoms with E-state index in [4.69, 9.17) is 28.6 Å². The van der Waals surface area contributed by atoms with Gasteiger partial charge in [-0.05, 0) is 69.5 Å². The molecule has 0 bridgehead atoms. The van der Waals surface area contributed by atoms with Gasteiger partial charge < -0.3 is 14.3 Å². The number of aromatic amines is 1. The Morgan fingerprint density at radius 1 is 1.11 bits per heavy atom. The summed E-state index contributed by atoms with van der Waals surface area (Å²) in [6.45, 7) is 0. The highest BCUT2D eigenvalue weighted by atomic mass is 35.5. The fraction of sp³-hybridized carbons (Fsp3) is 0.850. The van der Waals surface area contributed by atoms with Crippen molar-refractivity contribution in [3.63, 3.8) is 0 Å². The Kier molecular flexibility index (Phi) is 5.96. The van der Waals surface area contributed by atoms with Gasteiger partial charge in [0.2, 0.25) is 0 Å². The summed E-state index contributed by atoms with van der Waals surface area (Å²) in [5, 5.41) is 0.0781. The molecule has 1 N–H and O–H groups in total. The molecule has 0 spiro atoms. The largest absolute Gasteiger partial charge is 0.380 e. The molecule has 3 nitrogen and oxygen atoms in total. The molecule has 0 radical (unpaired) electrons. The minimum Gasteiger partial charge on any atom is -0.380 e. The summed E-state index contributed by atoms with van der Waals surface area (Å²) in [6.07, 6.45) is 4.76. The zero-order chi connectivity index (χ0) is 19.1. The predicted octanol–water partition coefficient (Wildman–Crippen LogP) is 5.79. The summed E-state index contributed by atoms with van der Waals surface area (Å²) in [4.78, 5) is 3.40. The van der Waals surface area contributed by atoms with E-state index in [2.05, 4.69) is 9.55 Å². The van der Waals surface area contributed by atoms with Crippen molar-refractivity contribution in [3.8, 4) is 0 Å². The normalized spacial score (nSPS) is 39.9. The zero-order valence-electron chi connectivity index (χ0n) is 15.8. The first-order valence-corrected chi connectivity index (χ1v) is 11.1. The molecule has 7 heteroatoms. The van der Waals surface area contributed by atoms with Gasteiger partial charge in [-0.3, -0.25) is 0 Å². The van der Waals surface area contributed by atoms with Gasteiger partial charge in [-0.2, -0.15) is 0 Å². The zero-order valence-corrected chi connectivity index (χ0v) is 17.4. The van der Waals surface area contributed by atoms with Gasteiger partial charge in [0.05, 0.1) is 11.5 Å². The number of aromatic nitrogens is 2. The standard InChI is InChI=1S/C20H29ClF2N2OS/c1-26-18-9-11(5-7-14(18)21)13-3-2-4-17-19(13)25(20(27)24-17)12-6-8-15(22)16(23)10-12/h11-16,18H,2-10H2,1H3,(H,24,27). The van der Waals surface area contributed by atoms with Crippen molar-refractivity contribution in [2.24, 2.45) is 5.92 Å².